The van der Waals surface area contributed by atoms with Crippen molar-refractivity contribution in [2.24, 2.45) is 0 Å². The van der Waals surface area contributed by atoms with E-state index in [1.165, 1.54) is 18.1 Å². The molecule has 0 aliphatic carbocycles. The molecule has 0 N–H and O–H groups in total. The summed E-state index contributed by atoms with van der Waals surface area (Å²) in [6, 6.07) is 8.35. The lowest BCUT2D eigenvalue weighted by atomic mass is 9.90. The Labute approximate surface area is 113 Å². The summed E-state index contributed by atoms with van der Waals surface area (Å²) in [5.74, 6) is -0.253. The molecule has 1 aliphatic heterocycles. The van der Waals surface area contributed by atoms with E-state index < -0.39 is 0 Å². The molecule has 1 amide bonds. The molecule has 2 rings (SSSR count). The highest BCUT2D eigenvalue weighted by Gasteiger charge is 2.25. The average molecular weight is 261 g/mol. The van der Waals surface area contributed by atoms with Crippen LogP contribution < -0.4 is 0 Å². The Morgan fingerprint density at radius 3 is 3.00 bits per heavy atom. The minimum atomic E-state index is -0.253. The molecule has 0 radical (unpaired) electrons. The van der Waals surface area contributed by atoms with Crippen molar-refractivity contribution in [1.29, 1.82) is 0 Å². The van der Waals surface area contributed by atoms with Gasteiger partial charge in [-0.15, -0.1) is 0 Å². The smallest absolute Gasteiger partial charge is 0.302 e. The van der Waals surface area contributed by atoms with Gasteiger partial charge in [0.25, 0.3) is 0 Å². The summed E-state index contributed by atoms with van der Waals surface area (Å²) < 4.78 is 4.94. The summed E-state index contributed by atoms with van der Waals surface area (Å²) in [6.07, 6.45) is 3.42. The number of amides is 1. The maximum absolute atomic E-state index is 11.2. The fourth-order valence-corrected chi connectivity index (χ4v) is 2.61. The van der Waals surface area contributed by atoms with Gasteiger partial charge in [-0.3, -0.25) is 9.59 Å². The summed E-state index contributed by atoms with van der Waals surface area (Å²) in [7, 11) is 0. The molecule has 4 nitrogen and oxygen atoms in total. The SMILES string of the molecule is CC(=O)OCCCC1c2ccccc2CCN1C=O. The maximum Gasteiger partial charge on any atom is 0.302 e. The Balaban J connectivity index is 2.03. The molecular formula is C15H19NO3. The van der Waals surface area contributed by atoms with Gasteiger partial charge in [0.1, 0.15) is 0 Å². The van der Waals surface area contributed by atoms with Gasteiger partial charge in [0.15, 0.2) is 0 Å². The molecular weight excluding hydrogens is 242 g/mol. The summed E-state index contributed by atoms with van der Waals surface area (Å²) in [5, 5.41) is 0. The molecule has 0 saturated carbocycles. The van der Waals surface area contributed by atoms with Crippen LogP contribution in [-0.2, 0) is 20.7 Å². The topological polar surface area (TPSA) is 46.6 Å². The number of rotatable bonds is 5. The van der Waals surface area contributed by atoms with E-state index in [0.29, 0.717) is 6.61 Å². The minimum Gasteiger partial charge on any atom is -0.466 e. The molecule has 1 aromatic rings. The zero-order chi connectivity index (χ0) is 13.7. The number of hydrogen-bond donors (Lipinski definition) is 0. The van der Waals surface area contributed by atoms with Crippen molar-refractivity contribution in [3.63, 3.8) is 0 Å². The number of hydrogen-bond acceptors (Lipinski definition) is 3. The van der Waals surface area contributed by atoms with E-state index in [2.05, 4.69) is 12.1 Å². The number of carbonyl (C=O) groups is 2. The van der Waals surface area contributed by atoms with Crippen molar-refractivity contribution < 1.29 is 14.3 Å². The number of carbonyl (C=O) groups excluding carboxylic acids is 2. The Morgan fingerprint density at radius 1 is 1.47 bits per heavy atom. The van der Waals surface area contributed by atoms with Gasteiger partial charge >= 0.3 is 5.97 Å². The third-order valence-corrected chi connectivity index (χ3v) is 3.52. The van der Waals surface area contributed by atoms with Gasteiger partial charge in [0.05, 0.1) is 12.6 Å². The number of nitrogens with zero attached hydrogens (tertiary/aromatic N) is 1. The predicted octanol–water partition coefficient (Wildman–Crippen LogP) is 2.09. The quantitative estimate of drug-likeness (QED) is 0.463. The van der Waals surface area contributed by atoms with E-state index >= 15 is 0 Å². The molecule has 1 aromatic carbocycles. The maximum atomic E-state index is 11.2. The molecule has 1 atom stereocenters. The van der Waals surface area contributed by atoms with Crippen LogP contribution in [0, 0.1) is 0 Å². The molecule has 102 valence electrons. The third-order valence-electron chi connectivity index (χ3n) is 3.52. The second kappa shape index (κ2) is 6.36. The van der Waals surface area contributed by atoms with Gasteiger partial charge in [-0.05, 0) is 30.4 Å². The van der Waals surface area contributed by atoms with E-state index in [1.807, 2.05) is 17.0 Å². The van der Waals surface area contributed by atoms with Gasteiger partial charge < -0.3 is 9.64 Å². The molecule has 0 fully saturated rings. The van der Waals surface area contributed by atoms with Crippen LogP contribution in [0.1, 0.15) is 36.9 Å². The van der Waals surface area contributed by atoms with E-state index in [4.69, 9.17) is 4.74 Å². The van der Waals surface area contributed by atoms with Crippen LogP contribution in [-0.4, -0.2) is 30.4 Å². The van der Waals surface area contributed by atoms with Crippen LogP contribution in [0.5, 0.6) is 0 Å². The molecule has 0 spiro atoms. The average Bonchev–Trinajstić information content (AvgIpc) is 2.43. The number of fused-ring (bicyclic) bond motifs is 1. The summed E-state index contributed by atoms with van der Waals surface area (Å²) in [5.41, 5.74) is 2.54. The second-order valence-electron chi connectivity index (χ2n) is 4.79. The van der Waals surface area contributed by atoms with Gasteiger partial charge in [-0.25, -0.2) is 0 Å². The highest BCUT2D eigenvalue weighted by molar-refractivity contribution is 5.65. The third kappa shape index (κ3) is 3.34. The lowest BCUT2D eigenvalue weighted by Gasteiger charge is -2.34. The Kier molecular flexibility index (Phi) is 4.55. The summed E-state index contributed by atoms with van der Waals surface area (Å²) in [6.45, 7) is 2.59. The van der Waals surface area contributed by atoms with E-state index in [-0.39, 0.29) is 12.0 Å². The lowest BCUT2D eigenvalue weighted by molar-refractivity contribution is -0.141. The Hall–Kier alpha value is -1.84. The van der Waals surface area contributed by atoms with Gasteiger partial charge in [-0.2, -0.15) is 0 Å². The molecule has 0 bridgehead atoms. The van der Waals surface area contributed by atoms with Crippen molar-refractivity contribution in [1.82, 2.24) is 4.90 Å². The second-order valence-corrected chi connectivity index (χ2v) is 4.79. The first-order valence-corrected chi connectivity index (χ1v) is 6.64. The highest BCUT2D eigenvalue weighted by atomic mass is 16.5. The van der Waals surface area contributed by atoms with Gasteiger partial charge in [0.2, 0.25) is 6.41 Å². The number of benzene rings is 1. The molecule has 19 heavy (non-hydrogen) atoms. The van der Waals surface area contributed by atoms with Crippen molar-refractivity contribution >= 4 is 12.4 Å². The molecule has 0 saturated heterocycles. The van der Waals surface area contributed by atoms with Crippen molar-refractivity contribution in [3.05, 3.63) is 35.4 Å². The lowest BCUT2D eigenvalue weighted by Crippen LogP contribution is -2.34. The summed E-state index contributed by atoms with van der Waals surface area (Å²) in [4.78, 5) is 23.7. The predicted molar refractivity (Wildman–Crippen MR) is 71.5 cm³/mol. The van der Waals surface area contributed by atoms with Crippen LogP contribution in [0.3, 0.4) is 0 Å². The first kappa shape index (κ1) is 13.6. The fourth-order valence-electron chi connectivity index (χ4n) is 2.61. The standard InChI is InChI=1S/C15H19NO3/c1-12(18)19-10-4-7-15-14-6-3-2-5-13(14)8-9-16(15)11-17/h2-3,5-6,11,15H,4,7-10H2,1H3. The molecule has 0 aromatic heterocycles. The van der Waals surface area contributed by atoms with Crippen molar-refractivity contribution in [2.45, 2.75) is 32.2 Å². The number of ether oxygens (including phenoxy) is 1. The van der Waals surface area contributed by atoms with Crippen LogP contribution in [0.25, 0.3) is 0 Å². The Bertz CT molecular complexity index is 458. The van der Waals surface area contributed by atoms with Crippen molar-refractivity contribution in [2.75, 3.05) is 13.2 Å². The molecule has 1 aliphatic rings. The molecule has 1 unspecified atom stereocenters. The first-order chi connectivity index (χ1) is 9.22. The summed E-state index contributed by atoms with van der Waals surface area (Å²) >= 11 is 0. The van der Waals surface area contributed by atoms with Crippen LogP contribution >= 0.6 is 0 Å². The first-order valence-electron chi connectivity index (χ1n) is 6.64. The van der Waals surface area contributed by atoms with Crippen molar-refractivity contribution in [3.8, 4) is 0 Å². The van der Waals surface area contributed by atoms with E-state index in [0.717, 1.165) is 32.2 Å². The van der Waals surface area contributed by atoms with Gasteiger partial charge in [-0.1, -0.05) is 24.3 Å². The number of esters is 1. The van der Waals surface area contributed by atoms with Crippen LogP contribution in [0.15, 0.2) is 24.3 Å². The van der Waals surface area contributed by atoms with Crippen LogP contribution in [0.4, 0.5) is 0 Å². The van der Waals surface area contributed by atoms with E-state index in [1.54, 1.807) is 0 Å². The fraction of sp³-hybridized carbons (Fsp3) is 0.467. The Morgan fingerprint density at radius 2 is 2.26 bits per heavy atom. The molecule has 1 heterocycles. The minimum absolute atomic E-state index is 0.109. The van der Waals surface area contributed by atoms with E-state index in [9.17, 15) is 9.59 Å². The zero-order valence-corrected chi connectivity index (χ0v) is 11.2. The van der Waals surface area contributed by atoms with Crippen LogP contribution in [0.2, 0.25) is 0 Å². The molecule has 4 heteroatoms. The monoisotopic (exact) mass is 261 g/mol. The van der Waals surface area contributed by atoms with Gasteiger partial charge in [0, 0.05) is 13.5 Å². The zero-order valence-electron chi connectivity index (χ0n) is 11.2. The highest BCUT2D eigenvalue weighted by Crippen LogP contribution is 2.31. The largest absolute Gasteiger partial charge is 0.466 e. The normalized spacial score (nSPS) is 17.7.